The zero-order valence-electron chi connectivity index (χ0n) is 15.3. The van der Waals surface area contributed by atoms with Crippen LogP contribution >= 0.6 is 0 Å². The summed E-state index contributed by atoms with van der Waals surface area (Å²) >= 11 is 0. The second kappa shape index (κ2) is 9.19. The van der Waals surface area contributed by atoms with E-state index in [0.29, 0.717) is 12.2 Å². The normalized spacial score (nSPS) is 21.6. The SMILES string of the molecule is CC#CC(CC)Oc1ccc(S(=O)(=O)N2CC(O)CCC2C(=O)NO)cc1. The minimum absolute atomic E-state index is 0.0330. The van der Waals surface area contributed by atoms with Gasteiger partial charge in [-0.15, -0.1) is 5.92 Å². The van der Waals surface area contributed by atoms with E-state index >= 15 is 0 Å². The Morgan fingerprint density at radius 1 is 1.37 bits per heavy atom. The molecular formula is C18H24N2O6S. The van der Waals surface area contributed by atoms with Gasteiger partial charge in [0, 0.05) is 6.54 Å². The fraction of sp³-hybridized carbons (Fsp3) is 0.500. The topological polar surface area (TPSA) is 116 Å². The van der Waals surface area contributed by atoms with Crippen molar-refractivity contribution in [1.82, 2.24) is 9.79 Å². The van der Waals surface area contributed by atoms with Gasteiger partial charge < -0.3 is 9.84 Å². The minimum Gasteiger partial charge on any atom is -0.478 e. The number of ether oxygens (including phenoxy) is 1. The molecule has 1 amide bonds. The first-order valence-corrected chi connectivity index (χ1v) is 10.1. The van der Waals surface area contributed by atoms with E-state index in [4.69, 9.17) is 9.94 Å². The van der Waals surface area contributed by atoms with Crippen LogP contribution in [-0.4, -0.2) is 53.7 Å². The lowest BCUT2D eigenvalue weighted by molar-refractivity contribution is -0.135. The molecule has 0 aliphatic carbocycles. The van der Waals surface area contributed by atoms with Crippen LogP contribution in [0.5, 0.6) is 5.75 Å². The van der Waals surface area contributed by atoms with Crippen LogP contribution in [-0.2, 0) is 14.8 Å². The molecule has 1 aliphatic rings. The predicted octanol–water partition coefficient (Wildman–Crippen LogP) is 0.887. The van der Waals surface area contributed by atoms with Gasteiger partial charge in [0.2, 0.25) is 10.0 Å². The molecule has 0 saturated carbocycles. The Morgan fingerprint density at radius 2 is 2.04 bits per heavy atom. The molecule has 27 heavy (non-hydrogen) atoms. The van der Waals surface area contributed by atoms with Crippen LogP contribution in [0.3, 0.4) is 0 Å². The molecule has 2 rings (SSSR count). The number of sulfonamides is 1. The highest BCUT2D eigenvalue weighted by molar-refractivity contribution is 7.89. The molecule has 1 aliphatic heterocycles. The number of aliphatic hydroxyl groups is 1. The summed E-state index contributed by atoms with van der Waals surface area (Å²) in [7, 11) is -4.04. The first-order valence-electron chi connectivity index (χ1n) is 8.66. The number of hydroxylamine groups is 1. The van der Waals surface area contributed by atoms with Gasteiger partial charge in [-0.1, -0.05) is 12.8 Å². The van der Waals surface area contributed by atoms with Gasteiger partial charge in [0.05, 0.1) is 11.0 Å². The predicted molar refractivity (Wildman–Crippen MR) is 97.4 cm³/mol. The molecule has 3 atom stereocenters. The molecule has 148 valence electrons. The molecule has 1 fully saturated rings. The van der Waals surface area contributed by atoms with Gasteiger partial charge in [-0.3, -0.25) is 10.0 Å². The Morgan fingerprint density at radius 3 is 2.59 bits per heavy atom. The molecule has 1 saturated heterocycles. The van der Waals surface area contributed by atoms with Gasteiger partial charge in [-0.05, 0) is 50.5 Å². The van der Waals surface area contributed by atoms with Gasteiger partial charge >= 0.3 is 0 Å². The van der Waals surface area contributed by atoms with Crippen molar-refractivity contribution in [2.24, 2.45) is 0 Å². The maximum atomic E-state index is 12.9. The fourth-order valence-electron chi connectivity index (χ4n) is 2.89. The van der Waals surface area contributed by atoms with Gasteiger partial charge in [-0.25, -0.2) is 13.9 Å². The summed E-state index contributed by atoms with van der Waals surface area (Å²) in [5.74, 6) is 5.35. The van der Waals surface area contributed by atoms with E-state index in [9.17, 15) is 18.3 Å². The highest BCUT2D eigenvalue weighted by atomic mass is 32.2. The molecular weight excluding hydrogens is 372 g/mol. The van der Waals surface area contributed by atoms with Crippen molar-refractivity contribution in [1.29, 1.82) is 0 Å². The van der Waals surface area contributed by atoms with E-state index in [1.165, 1.54) is 29.7 Å². The standard InChI is InChI=1S/C18H24N2O6S/c1-3-5-14(4-2)26-15-7-9-16(10-8-15)27(24,25)20-12-13(21)6-11-17(20)18(22)19-23/h7-10,13-14,17,21,23H,4,6,11-12H2,1-2H3,(H,19,22). The molecule has 0 bridgehead atoms. The van der Waals surface area contributed by atoms with E-state index in [0.717, 1.165) is 4.31 Å². The van der Waals surface area contributed by atoms with E-state index < -0.39 is 28.1 Å². The summed E-state index contributed by atoms with van der Waals surface area (Å²) in [6, 6.07) is 4.73. The lowest BCUT2D eigenvalue weighted by atomic mass is 10.0. The number of β-amino-alcohol motifs (C(OH)–C–C–N with tert-alkyl or cyclic N) is 1. The van der Waals surface area contributed by atoms with Crippen molar-refractivity contribution in [3.05, 3.63) is 24.3 Å². The Kier molecular flexibility index (Phi) is 7.21. The van der Waals surface area contributed by atoms with Crippen molar-refractivity contribution in [2.75, 3.05) is 6.54 Å². The summed E-state index contributed by atoms with van der Waals surface area (Å²) in [5.41, 5.74) is 1.49. The second-order valence-electron chi connectivity index (χ2n) is 6.18. The van der Waals surface area contributed by atoms with Crippen LogP contribution in [0.1, 0.15) is 33.1 Å². The number of hydrogen-bond donors (Lipinski definition) is 3. The maximum Gasteiger partial charge on any atom is 0.261 e. The first kappa shape index (κ1) is 21.2. The van der Waals surface area contributed by atoms with Crippen LogP contribution in [0.2, 0.25) is 0 Å². The van der Waals surface area contributed by atoms with Crippen molar-refractivity contribution in [3.8, 4) is 17.6 Å². The van der Waals surface area contributed by atoms with Crippen LogP contribution in [0.4, 0.5) is 0 Å². The van der Waals surface area contributed by atoms with Crippen LogP contribution < -0.4 is 10.2 Å². The van der Waals surface area contributed by atoms with Gasteiger partial charge in [-0.2, -0.15) is 4.31 Å². The number of benzene rings is 1. The smallest absolute Gasteiger partial charge is 0.261 e. The Balaban J connectivity index is 2.26. The molecule has 0 aromatic heterocycles. The highest BCUT2D eigenvalue weighted by Crippen LogP contribution is 2.27. The summed E-state index contributed by atoms with van der Waals surface area (Å²) in [6.07, 6.45) is -0.0875. The number of amides is 1. The molecule has 1 heterocycles. The van der Waals surface area contributed by atoms with Crippen molar-refractivity contribution in [3.63, 3.8) is 0 Å². The third kappa shape index (κ3) is 4.99. The number of nitrogens with one attached hydrogen (secondary N) is 1. The van der Waals surface area contributed by atoms with Crippen molar-refractivity contribution < 1.29 is 28.3 Å². The van der Waals surface area contributed by atoms with E-state index in [2.05, 4.69) is 11.8 Å². The number of carbonyl (C=O) groups is 1. The minimum atomic E-state index is -4.04. The fourth-order valence-corrected chi connectivity index (χ4v) is 4.54. The Labute approximate surface area is 159 Å². The quantitative estimate of drug-likeness (QED) is 0.374. The number of piperidine rings is 1. The third-order valence-electron chi connectivity index (χ3n) is 4.31. The molecule has 8 nitrogen and oxygen atoms in total. The zero-order chi connectivity index (χ0) is 20.0. The monoisotopic (exact) mass is 396 g/mol. The average molecular weight is 396 g/mol. The second-order valence-corrected chi connectivity index (χ2v) is 8.07. The van der Waals surface area contributed by atoms with Crippen LogP contribution in [0, 0.1) is 11.8 Å². The van der Waals surface area contributed by atoms with Gasteiger partial charge in [0.25, 0.3) is 5.91 Å². The van der Waals surface area contributed by atoms with Crippen LogP contribution in [0.25, 0.3) is 0 Å². The number of carbonyl (C=O) groups excluding carboxylic acids is 1. The van der Waals surface area contributed by atoms with Crippen LogP contribution in [0.15, 0.2) is 29.2 Å². The molecule has 0 spiro atoms. The van der Waals surface area contributed by atoms with E-state index in [1.807, 2.05) is 6.92 Å². The summed E-state index contributed by atoms with van der Waals surface area (Å²) in [6.45, 7) is 3.43. The number of hydrogen-bond acceptors (Lipinski definition) is 6. The summed E-state index contributed by atoms with van der Waals surface area (Å²) < 4.78 is 32.5. The lowest BCUT2D eigenvalue weighted by Gasteiger charge is -2.35. The first-order chi connectivity index (χ1) is 12.8. The molecule has 3 N–H and O–H groups in total. The Bertz CT molecular complexity index is 812. The summed E-state index contributed by atoms with van der Waals surface area (Å²) in [5, 5.41) is 18.7. The number of nitrogens with zero attached hydrogens (tertiary/aromatic N) is 1. The largest absolute Gasteiger partial charge is 0.478 e. The van der Waals surface area contributed by atoms with E-state index in [-0.39, 0.29) is 30.4 Å². The molecule has 9 heteroatoms. The highest BCUT2D eigenvalue weighted by Gasteiger charge is 2.40. The van der Waals surface area contributed by atoms with Crippen molar-refractivity contribution in [2.45, 2.75) is 56.3 Å². The lowest BCUT2D eigenvalue weighted by Crippen LogP contribution is -2.54. The number of rotatable bonds is 6. The molecule has 1 aromatic rings. The van der Waals surface area contributed by atoms with Crippen molar-refractivity contribution >= 4 is 15.9 Å². The third-order valence-corrected chi connectivity index (χ3v) is 6.20. The molecule has 1 aromatic carbocycles. The van der Waals surface area contributed by atoms with Gasteiger partial charge in [0.15, 0.2) is 6.10 Å². The average Bonchev–Trinajstić information content (AvgIpc) is 2.67. The maximum absolute atomic E-state index is 12.9. The van der Waals surface area contributed by atoms with E-state index in [1.54, 1.807) is 6.92 Å². The molecule has 0 radical (unpaired) electrons. The zero-order valence-corrected chi connectivity index (χ0v) is 16.1. The summed E-state index contributed by atoms with van der Waals surface area (Å²) in [4.78, 5) is 11.8. The van der Waals surface area contributed by atoms with Gasteiger partial charge in [0.1, 0.15) is 11.8 Å². The molecule has 3 unspecified atom stereocenters. The number of aliphatic hydroxyl groups excluding tert-OH is 1. The Hall–Kier alpha value is -2.12.